The number of hydrogen-bond donors (Lipinski definition) is 1. The van der Waals surface area contributed by atoms with E-state index >= 15 is 0 Å². The molecule has 0 aliphatic heterocycles. The van der Waals surface area contributed by atoms with Gasteiger partial charge in [0.2, 0.25) is 5.91 Å². The van der Waals surface area contributed by atoms with Crippen LogP contribution in [0.25, 0.3) is 17.1 Å². The molecule has 3 rings (SSSR count). The van der Waals surface area contributed by atoms with Crippen molar-refractivity contribution in [3.8, 4) is 17.1 Å². The van der Waals surface area contributed by atoms with E-state index in [0.717, 1.165) is 29.1 Å². The molecule has 1 aromatic heterocycles. The van der Waals surface area contributed by atoms with Gasteiger partial charge in [0, 0.05) is 12.1 Å². The van der Waals surface area contributed by atoms with Crippen molar-refractivity contribution in [2.45, 2.75) is 51.6 Å². The minimum Gasteiger partial charge on any atom is -0.355 e. The Kier molecular flexibility index (Phi) is 6.98. The fraction of sp³-hybridized carbons (Fsp3) is 0.375. The maximum absolute atomic E-state index is 12.1. The molecule has 6 heteroatoms. The average Bonchev–Trinajstić information content (AvgIpc) is 3.14. The van der Waals surface area contributed by atoms with Gasteiger partial charge in [-0.25, -0.2) is 0 Å². The van der Waals surface area contributed by atoms with Crippen LogP contribution < -0.4 is 5.32 Å². The quantitative estimate of drug-likeness (QED) is 0.534. The van der Waals surface area contributed by atoms with E-state index in [2.05, 4.69) is 84.2 Å². The van der Waals surface area contributed by atoms with Crippen LogP contribution in [0.4, 0.5) is 0 Å². The Hall–Kier alpha value is -2.60. The van der Waals surface area contributed by atoms with Crippen LogP contribution in [0, 0.1) is 6.92 Å². The molecule has 0 spiro atoms. The van der Waals surface area contributed by atoms with E-state index < -0.39 is 0 Å². The van der Waals surface area contributed by atoms with Gasteiger partial charge in [0.1, 0.15) is 0 Å². The molecule has 0 unspecified atom stereocenters. The van der Waals surface area contributed by atoms with E-state index in [1.807, 2.05) is 19.1 Å². The van der Waals surface area contributed by atoms with Crippen molar-refractivity contribution in [1.29, 1.82) is 0 Å². The van der Waals surface area contributed by atoms with Crippen LogP contribution in [0.5, 0.6) is 0 Å². The van der Waals surface area contributed by atoms with Crippen molar-refractivity contribution in [3.05, 3.63) is 59.7 Å². The lowest BCUT2D eigenvalue weighted by atomic mass is 9.87. The molecule has 0 aliphatic carbocycles. The van der Waals surface area contributed by atoms with E-state index in [1.165, 1.54) is 17.3 Å². The smallest absolute Gasteiger partial charge is 0.230 e. The van der Waals surface area contributed by atoms with Gasteiger partial charge < -0.3 is 5.32 Å². The van der Waals surface area contributed by atoms with Gasteiger partial charge in [0.05, 0.1) is 11.4 Å². The molecule has 1 amide bonds. The van der Waals surface area contributed by atoms with E-state index in [9.17, 15) is 4.79 Å². The SMILES string of the molecule is CCCNC(=O)CSc1nnc(-c2ccc(C(C)(C)C)cc2)n1-c1ccccc1C. The molecule has 0 atom stereocenters. The second-order valence-corrected chi connectivity index (χ2v) is 9.34. The van der Waals surface area contributed by atoms with Gasteiger partial charge in [-0.05, 0) is 36.0 Å². The highest BCUT2D eigenvalue weighted by molar-refractivity contribution is 7.99. The van der Waals surface area contributed by atoms with Crippen molar-refractivity contribution < 1.29 is 4.79 Å². The fourth-order valence-electron chi connectivity index (χ4n) is 3.15. The standard InChI is InChI=1S/C24H30N4OS/c1-6-15-25-21(29)16-30-23-27-26-22(28(23)20-10-8-7-9-17(20)2)18-11-13-19(14-12-18)24(3,4)5/h7-14H,6,15-16H2,1-5H3,(H,25,29). The van der Waals surface area contributed by atoms with Crippen LogP contribution in [0.2, 0.25) is 0 Å². The molecule has 158 valence electrons. The Balaban J connectivity index is 1.99. The Morgan fingerprint density at radius 2 is 1.77 bits per heavy atom. The number of carbonyl (C=O) groups excluding carboxylic acids is 1. The third kappa shape index (κ3) is 5.11. The molecule has 3 aromatic rings. The third-order valence-corrected chi connectivity index (χ3v) is 5.83. The summed E-state index contributed by atoms with van der Waals surface area (Å²) in [5.41, 5.74) is 4.52. The fourth-order valence-corrected chi connectivity index (χ4v) is 3.92. The zero-order valence-corrected chi connectivity index (χ0v) is 19.2. The topological polar surface area (TPSA) is 59.8 Å². The molecule has 1 heterocycles. The highest BCUT2D eigenvalue weighted by Crippen LogP contribution is 2.31. The number of hydrogen-bond acceptors (Lipinski definition) is 4. The number of carbonyl (C=O) groups is 1. The van der Waals surface area contributed by atoms with Crippen molar-refractivity contribution in [3.63, 3.8) is 0 Å². The summed E-state index contributed by atoms with van der Waals surface area (Å²) < 4.78 is 2.05. The summed E-state index contributed by atoms with van der Waals surface area (Å²) in [4.78, 5) is 12.1. The van der Waals surface area contributed by atoms with Gasteiger partial charge in [-0.3, -0.25) is 9.36 Å². The molecule has 0 saturated carbocycles. The second-order valence-electron chi connectivity index (χ2n) is 8.39. The lowest BCUT2D eigenvalue weighted by Gasteiger charge is -2.19. The van der Waals surface area contributed by atoms with Gasteiger partial charge in [-0.15, -0.1) is 10.2 Å². The summed E-state index contributed by atoms with van der Waals surface area (Å²) in [6.45, 7) is 11.4. The molecule has 30 heavy (non-hydrogen) atoms. The van der Waals surface area contributed by atoms with Crippen molar-refractivity contribution in [1.82, 2.24) is 20.1 Å². The van der Waals surface area contributed by atoms with Crippen LogP contribution in [-0.4, -0.2) is 33.0 Å². The summed E-state index contributed by atoms with van der Waals surface area (Å²) in [7, 11) is 0. The molecule has 0 fully saturated rings. The van der Waals surface area contributed by atoms with Gasteiger partial charge in [0.15, 0.2) is 11.0 Å². The number of thioether (sulfide) groups is 1. The Bertz CT molecular complexity index is 1000. The van der Waals surface area contributed by atoms with Crippen molar-refractivity contribution >= 4 is 17.7 Å². The summed E-state index contributed by atoms with van der Waals surface area (Å²) in [6, 6.07) is 16.7. The molecule has 0 saturated heterocycles. The minimum absolute atomic E-state index is 0.0114. The van der Waals surface area contributed by atoms with Crippen LogP contribution >= 0.6 is 11.8 Å². The second kappa shape index (κ2) is 9.47. The number of rotatable bonds is 7. The first-order valence-corrected chi connectivity index (χ1v) is 11.3. The Morgan fingerprint density at radius 3 is 2.40 bits per heavy atom. The number of nitrogens with one attached hydrogen (secondary N) is 1. The largest absolute Gasteiger partial charge is 0.355 e. The number of aryl methyl sites for hydroxylation is 1. The first-order valence-electron chi connectivity index (χ1n) is 10.3. The minimum atomic E-state index is 0.0114. The summed E-state index contributed by atoms with van der Waals surface area (Å²) in [5.74, 6) is 1.10. The number of nitrogens with zero attached hydrogens (tertiary/aromatic N) is 3. The van der Waals surface area contributed by atoms with Gasteiger partial charge in [0.25, 0.3) is 0 Å². The Morgan fingerprint density at radius 1 is 1.07 bits per heavy atom. The highest BCUT2D eigenvalue weighted by atomic mass is 32.2. The van der Waals surface area contributed by atoms with Crippen LogP contribution in [0.15, 0.2) is 53.7 Å². The molecular formula is C24H30N4OS. The molecular weight excluding hydrogens is 392 g/mol. The molecule has 0 aliphatic rings. The van der Waals surface area contributed by atoms with Gasteiger partial charge in [-0.2, -0.15) is 0 Å². The first kappa shape index (κ1) is 22.1. The number of aromatic nitrogens is 3. The number of para-hydroxylation sites is 1. The molecule has 5 nitrogen and oxygen atoms in total. The molecule has 0 bridgehead atoms. The maximum atomic E-state index is 12.1. The van der Waals surface area contributed by atoms with Crippen molar-refractivity contribution in [2.75, 3.05) is 12.3 Å². The van der Waals surface area contributed by atoms with Crippen LogP contribution in [-0.2, 0) is 10.2 Å². The monoisotopic (exact) mass is 422 g/mol. The van der Waals surface area contributed by atoms with E-state index in [0.29, 0.717) is 17.5 Å². The summed E-state index contributed by atoms with van der Waals surface area (Å²) >= 11 is 1.41. The zero-order chi connectivity index (χ0) is 21.7. The lowest BCUT2D eigenvalue weighted by Crippen LogP contribution is -2.25. The predicted molar refractivity (Wildman–Crippen MR) is 124 cm³/mol. The van der Waals surface area contributed by atoms with Crippen LogP contribution in [0.1, 0.15) is 45.2 Å². The molecule has 1 N–H and O–H groups in total. The first-order chi connectivity index (χ1) is 14.3. The zero-order valence-electron chi connectivity index (χ0n) is 18.4. The van der Waals surface area contributed by atoms with E-state index in [4.69, 9.17) is 0 Å². The average molecular weight is 423 g/mol. The molecule has 0 radical (unpaired) electrons. The normalized spacial score (nSPS) is 11.5. The summed E-state index contributed by atoms with van der Waals surface area (Å²) in [6.07, 6.45) is 0.921. The van der Waals surface area contributed by atoms with Crippen molar-refractivity contribution in [2.24, 2.45) is 0 Å². The predicted octanol–water partition coefficient (Wildman–Crippen LogP) is 5.16. The lowest BCUT2D eigenvalue weighted by molar-refractivity contribution is -0.118. The third-order valence-electron chi connectivity index (χ3n) is 4.90. The number of amides is 1. The molecule has 2 aromatic carbocycles. The number of benzene rings is 2. The maximum Gasteiger partial charge on any atom is 0.230 e. The summed E-state index contributed by atoms with van der Waals surface area (Å²) in [5, 5.41) is 12.6. The van der Waals surface area contributed by atoms with Crippen LogP contribution in [0.3, 0.4) is 0 Å². The highest BCUT2D eigenvalue weighted by Gasteiger charge is 2.19. The van der Waals surface area contributed by atoms with Gasteiger partial charge >= 0.3 is 0 Å². The van der Waals surface area contributed by atoms with Gasteiger partial charge in [-0.1, -0.05) is 81.9 Å². The van der Waals surface area contributed by atoms with E-state index in [1.54, 1.807) is 0 Å². The Labute approximate surface area is 183 Å². The van der Waals surface area contributed by atoms with E-state index in [-0.39, 0.29) is 11.3 Å².